The normalized spacial score (nSPS) is 17.3. The Kier molecular flexibility index (Phi) is 36.0. The first-order valence-corrected chi connectivity index (χ1v) is 16.3. The molecule has 256 valence electrons. The molecule has 0 spiro atoms. The number of hydrogen-bond donors (Lipinski definition) is 5. The number of hydrogen-bond acceptors (Lipinski definition) is 9. The van der Waals surface area contributed by atoms with Crippen LogP contribution in [0.15, 0.2) is 12.2 Å². The summed E-state index contributed by atoms with van der Waals surface area (Å²) in [7, 11) is 0. The largest absolute Gasteiger partial charge is 2.00 e. The third-order valence-electron chi connectivity index (χ3n) is 7.31. The van der Waals surface area contributed by atoms with Crippen molar-refractivity contribution in [3.05, 3.63) is 12.2 Å². The quantitative estimate of drug-likeness (QED) is 0.0697. The fourth-order valence-corrected chi connectivity index (χ4v) is 4.54. The van der Waals surface area contributed by atoms with Gasteiger partial charge in [0.15, 0.2) is 0 Å². The minimum atomic E-state index is -2.19. The van der Waals surface area contributed by atoms with Crippen molar-refractivity contribution in [3.8, 4) is 0 Å². The number of aliphatic hydroxyl groups is 2. The summed E-state index contributed by atoms with van der Waals surface area (Å²) in [6, 6.07) is -0.0461. The number of nitrogens with one attached hydrogen (secondary N) is 1. The maximum absolute atomic E-state index is 11.8. The van der Waals surface area contributed by atoms with Crippen LogP contribution in [-0.4, -0.2) is 58.9 Å². The minimum Gasteiger partial charge on any atom is -0.543 e. The van der Waals surface area contributed by atoms with Gasteiger partial charge in [0.1, 0.15) is 0 Å². The molecule has 0 aromatic rings. The number of carbonyl (C=O) groups excluding carboxylic acids is 3. The first-order valence-electron chi connectivity index (χ1n) is 16.3. The molecule has 0 aliphatic heterocycles. The van der Waals surface area contributed by atoms with Crippen LogP contribution < -0.4 is 27.0 Å². The molecule has 1 aliphatic rings. The zero-order valence-corrected chi connectivity index (χ0v) is 29.0. The van der Waals surface area contributed by atoms with E-state index < -0.39 is 24.1 Å². The number of amides is 1. The second-order valence-electron chi connectivity index (χ2n) is 11.2. The average Bonchev–Trinajstić information content (AvgIpc) is 2.96. The van der Waals surface area contributed by atoms with Gasteiger partial charge in [0.2, 0.25) is 5.91 Å². The van der Waals surface area contributed by atoms with Crippen LogP contribution in [-0.2, 0) is 35.4 Å². The molecule has 11 heteroatoms. The molecule has 7 N–H and O–H groups in total. The molecule has 43 heavy (non-hydrogen) atoms. The Morgan fingerprint density at radius 1 is 0.791 bits per heavy atom. The second-order valence-corrected chi connectivity index (χ2v) is 11.2. The van der Waals surface area contributed by atoms with Gasteiger partial charge in [-0.05, 0) is 32.1 Å². The average molecular weight is 795 g/mol. The molecule has 0 bridgehead atoms. The molecule has 1 saturated carbocycles. The monoisotopic (exact) mass is 794 g/mol. The van der Waals surface area contributed by atoms with Crippen molar-refractivity contribution in [1.82, 2.24) is 5.32 Å². The van der Waals surface area contributed by atoms with E-state index in [2.05, 4.69) is 19.2 Å². The van der Waals surface area contributed by atoms with Gasteiger partial charge in [0.25, 0.3) is 0 Å². The Hall–Kier alpha value is -1.32. The van der Waals surface area contributed by atoms with Crippen LogP contribution in [0.5, 0.6) is 0 Å². The summed E-state index contributed by atoms with van der Waals surface area (Å²) in [6.45, 7) is 4.11. The van der Waals surface area contributed by atoms with Gasteiger partial charge in [-0.2, -0.15) is 0 Å². The summed E-state index contributed by atoms with van der Waals surface area (Å²) in [6.07, 6.45) is 26.6. The molecular formula is C32H61N3O7Pt. The number of carbonyl (C=O) groups is 3. The van der Waals surface area contributed by atoms with E-state index >= 15 is 0 Å². The van der Waals surface area contributed by atoms with Crippen LogP contribution in [0, 0.1) is 0 Å². The second kappa shape index (κ2) is 33.6. The Morgan fingerprint density at radius 2 is 1.21 bits per heavy atom. The van der Waals surface area contributed by atoms with Gasteiger partial charge in [0, 0.05) is 18.5 Å². The van der Waals surface area contributed by atoms with E-state index in [1.54, 1.807) is 6.08 Å². The molecule has 0 aromatic heterocycles. The number of unbranched alkanes of at least 4 members (excludes halogenated alkanes) is 13. The molecule has 1 aliphatic carbocycles. The third kappa shape index (κ3) is 31.9. The SMILES string of the molecule is CCCCCCCCCCCCC/C=C/[C@@H](O)[C@H](CO)NC(=O)CCCCC.N[C@@H]1CCCC[C@H]1N.O=C([O-])C(=O)[O-].[Pt+2]. The van der Waals surface area contributed by atoms with Crippen molar-refractivity contribution in [2.75, 3.05) is 6.61 Å². The van der Waals surface area contributed by atoms with Crippen LogP contribution >= 0.6 is 0 Å². The van der Waals surface area contributed by atoms with Crippen LogP contribution in [0.4, 0.5) is 0 Å². The van der Waals surface area contributed by atoms with Gasteiger partial charge in [0.05, 0.1) is 30.7 Å². The van der Waals surface area contributed by atoms with Crippen molar-refractivity contribution in [3.63, 3.8) is 0 Å². The van der Waals surface area contributed by atoms with Crippen LogP contribution in [0.25, 0.3) is 0 Å². The van der Waals surface area contributed by atoms with Crippen LogP contribution in [0.3, 0.4) is 0 Å². The van der Waals surface area contributed by atoms with Gasteiger partial charge in [-0.15, -0.1) is 0 Å². The zero-order valence-electron chi connectivity index (χ0n) is 26.7. The number of aliphatic carboxylic acids is 2. The molecule has 10 nitrogen and oxygen atoms in total. The molecule has 1 rings (SSSR count). The van der Waals surface area contributed by atoms with Crippen molar-refractivity contribution in [1.29, 1.82) is 0 Å². The summed E-state index contributed by atoms with van der Waals surface area (Å²) < 4.78 is 0. The van der Waals surface area contributed by atoms with Gasteiger partial charge < -0.3 is 46.8 Å². The first-order chi connectivity index (χ1) is 20.1. The summed E-state index contributed by atoms with van der Waals surface area (Å²) in [5.74, 6) is -4.46. The van der Waals surface area contributed by atoms with Gasteiger partial charge in [-0.3, -0.25) is 4.79 Å². The molecule has 0 saturated heterocycles. The predicted molar refractivity (Wildman–Crippen MR) is 164 cm³/mol. The molecule has 0 heterocycles. The number of carboxylic acids is 2. The van der Waals surface area contributed by atoms with Crippen molar-refractivity contribution in [2.45, 2.75) is 166 Å². The topological polar surface area (TPSA) is 202 Å². The minimum absolute atomic E-state index is 0. The number of nitrogens with two attached hydrogens (primary N) is 2. The van der Waals surface area contributed by atoms with Crippen molar-refractivity contribution in [2.24, 2.45) is 11.5 Å². The van der Waals surface area contributed by atoms with E-state index in [-0.39, 0.29) is 45.7 Å². The molecule has 0 aromatic carbocycles. The van der Waals surface area contributed by atoms with Gasteiger partial charge >= 0.3 is 21.1 Å². The molecule has 1 amide bonds. The molecule has 1 fully saturated rings. The maximum atomic E-state index is 11.8. The van der Waals surface area contributed by atoms with Crippen LogP contribution in [0.1, 0.15) is 142 Å². The smallest absolute Gasteiger partial charge is 0.543 e. The Bertz CT molecular complexity index is 676. The molecule has 0 unspecified atom stereocenters. The summed E-state index contributed by atoms with van der Waals surface area (Å²) in [5.41, 5.74) is 11.3. The summed E-state index contributed by atoms with van der Waals surface area (Å²) in [5, 5.41) is 40.1. The van der Waals surface area contributed by atoms with E-state index in [0.717, 1.165) is 44.9 Å². The standard InChI is InChI=1S/C24H47NO3.C6H14N2.C2H2O4.Pt/c1-3-5-7-8-9-10-11-12-13-14-15-16-18-19-23(27)22(21-26)25-24(28)20-17-6-4-2;7-5-3-1-2-4-6(5)8;3-1(4)2(5)6;/h18-19,22-23,26-27H,3-17,20-21H2,1-2H3,(H,25,28);5-6H,1-4,7-8H2;(H,3,4)(H,5,6);/q;;;+2/p-2/b19-18+;;;/t22-,23+;5-,6-;;/m01../s1. The zero-order chi connectivity index (χ0) is 32.0. The van der Waals surface area contributed by atoms with E-state index in [4.69, 9.17) is 31.3 Å². The van der Waals surface area contributed by atoms with E-state index in [9.17, 15) is 15.0 Å². The number of aliphatic hydroxyl groups excluding tert-OH is 2. The Balaban J connectivity index is -0.000000865. The van der Waals surface area contributed by atoms with E-state index in [1.807, 2.05) is 6.08 Å². The first kappa shape index (κ1) is 46.1. The van der Waals surface area contributed by atoms with Gasteiger partial charge in [-0.1, -0.05) is 116 Å². The maximum Gasteiger partial charge on any atom is 2.00 e. The van der Waals surface area contributed by atoms with Crippen molar-refractivity contribution < 1.29 is 55.9 Å². The van der Waals surface area contributed by atoms with Crippen LogP contribution in [0.2, 0.25) is 0 Å². The summed E-state index contributed by atoms with van der Waals surface area (Å²) in [4.78, 5) is 29.7. The fraction of sp³-hybridized carbons (Fsp3) is 0.844. The number of rotatable bonds is 20. The predicted octanol–water partition coefficient (Wildman–Crippen LogP) is 2.36. The van der Waals surface area contributed by atoms with E-state index in [1.165, 1.54) is 77.0 Å². The molecule has 4 atom stereocenters. The summed E-state index contributed by atoms with van der Waals surface area (Å²) >= 11 is 0. The van der Waals surface area contributed by atoms with Crippen molar-refractivity contribution >= 4 is 17.8 Å². The molecular weight excluding hydrogens is 733 g/mol. The Morgan fingerprint density at radius 3 is 1.60 bits per heavy atom. The Labute approximate surface area is 275 Å². The van der Waals surface area contributed by atoms with E-state index in [0.29, 0.717) is 6.42 Å². The molecule has 0 radical (unpaired) electrons. The number of carboxylic acid groups (broad SMARTS) is 2. The van der Waals surface area contributed by atoms with Gasteiger partial charge in [-0.25, -0.2) is 0 Å². The fourth-order valence-electron chi connectivity index (χ4n) is 4.54. The third-order valence-corrected chi connectivity index (χ3v) is 7.31. The number of allylic oxidation sites excluding steroid dienone is 1.